The summed E-state index contributed by atoms with van der Waals surface area (Å²) in [6.45, 7) is 0.0817. The average molecular weight is 282 g/mol. The van der Waals surface area contributed by atoms with E-state index >= 15 is 0 Å². The predicted octanol–water partition coefficient (Wildman–Crippen LogP) is 3.25. The van der Waals surface area contributed by atoms with Crippen molar-refractivity contribution in [3.8, 4) is 0 Å². The molecule has 0 fully saturated rings. The van der Waals surface area contributed by atoms with Crippen molar-refractivity contribution in [2.75, 3.05) is 11.9 Å². The van der Waals surface area contributed by atoms with Crippen LogP contribution in [0.25, 0.3) is 0 Å². The molecule has 6 heteroatoms. The van der Waals surface area contributed by atoms with Crippen molar-refractivity contribution < 1.29 is 18.3 Å². The Morgan fingerprint density at radius 2 is 1.95 bits per heavy atom. The zero-order chi connectivity index (χ0) is 14.6. The minimum Gasteiger partial charge on any atom is -0.387 e. The fourth-order valence-electron chi connectivity index (χ4n) is 1.71. The lowest BCUT2D eigenvalue weighted by atomic mass is 10.1. The van der Waals surface area contributed by atoms with Crippen LogP contribution < -0.4 is 5.32 Å². The van der Waals surface area contributed by atoms with Crippen molar-refractivity contribution in [1.29, 1.82) is 0 Å². The average Bonchev–Trinajstić information content (AvgIpc) is 2.45. The highest BCUT2D eigenvalue weighted by Gasteiger charge is 2.30. The van der Waals surface area contributed by atoms with Gasteiger partial charge in [-0.15, -0.1) is 0 Å². The van der Waals surface area contributed by atoms with Crippen LogP contribution in [-0.4, -0.2) is 16.6 Å². The molecule has 0 aliphatic heterocycles. The van der Waals surface area contributed by atoms with Crippen LogP contribution in [0.2, 0.25) is 0 Å². The van der Waals surface area contributed by atoms with Crippen molar-refractivity contribution >= 4 is 5.82 Å². The zero-order valence-corrected chi connectivity index (χ0v) is 10.4. The van der Waals surface area contributed by atoms with Crippen LogP contribution in [-0.2, 0) is 6.18 Å². The Morgan fingerprint density at radius 3 is 2.60 bits per heavy atom. The molecule has 3 nitrogen and oxygen atoms in total. The van der Waals surface area contributed by atoms with E-state index in [1.54, 1.807) is 24.4 Å². The molecule has 0 saturated carbocycles. The van der Waals surface area contributed by atoms with Crippen molar-refractivity contribution in [2.24, 2.45) is 0 Å². The summed E-state index contributed by atoms with van der Waals surface area (Å²) in [7, 11) is 0. The quantitative estimate of drug-likeness (QED) is 0.904. The third-order valence-electron chi connectivity index (χ3n) is 2.74. The van der Waals surface area contributed by atoms with Gasteiger partial charge in [0.15, 0.2) is 0 Å². The Morgan fingerprint density at radius 1 is 1.15 bits per heavy atom. The molecule has 20 heavy (non-hydrogen) atoms. The minimum absolute atomic E-state index is 0.0817. The molecule has 106 valence electrons. The van der Waals surface area contributed by atoms with Gasteiger partial charge in [-0.05, 0) is 29.8 Å². The Hall–Kier alpha value is -2.08. The maximum atomic E-state index is 12.6. The fraction of sp³-hybridized carbons (Fsp3) is 0.214. The lowest BCUT2D eigenvalue weighted by Crippen LogP contribution is -2.14. The van der Waals surface area contributed by atoms with E-state index in [1.807, 2.05) is 0 Å². The monoisotopic (exact) mass is 282 g/mol. The zero-order valence-electron chi connectivity index (χ0n) is 10.4. The summed E-state index contributed by atoms with van der Waals surface area (Å²) in [6, 6.07) is 9.88. The molecule has 2 rings (SSSR count). The second kappa shape index (κ2) is 5.92. The predicted molar refractivity (Wildman–Crippen MR) is 69.1 cm³/mol. The Kier molecular flexibility index (Phi) is 4.24. The summed E-state index contributed by atoms with van der Waals surface area (Å²) in [5, 5.41) is 12.8. The number of nitrogens with one attached hydrogen (secondary N) is 1. The first-order valence-corrected chi connectivity index (χ1v) is 5.97. The molecule has 2 aromatic rings. The summed E-state index contributed by atoms with van der Waals surface area (Å²) in [6.07, 6.45) is -3.87. The van der Waals surface area contributed by atoms with Gasteiger partial charge in [-0.2, -0.15) is 13.2 Å². The summed E-state index contributed by atoms with van der Waals surface area (Å²) in [5.74, 6) is 0.554. The number of benzene rings is 1. The molecule has 2 N–H and O–H groups in total. The molecule has 1 atom stereocenters. The van der Waals surface area contributed by atoms with Crippen LogP contribution >= 0.6 is 0 Å². The normalized spacial score (nSPS) is 13.0. The number of nitrogens with zero attached hydrogens (tertiary/aromatic N) is 1. The van der Waals surface area contributed by atoms with Gasteiger partial charge < -0.3 is 10.4 Å². The molecule has 0 unspecified atom stereocenters. The minimum atomic E-state index is -4.41. The Balaban J connectivity index is 2.04. The van der Waals surface area contributed by atoms with Gasteiger partial charge in [0, 0.05) is 12.7 Å². The Labute approximate surface area is 114 Å². The Bertz CT molecular complexity index is 558. The second-order valence-electron chi connectivity index (χ2n) is 4.23. The van der Waals surface area contributed by atoms with Gasteiger partial charge in [0.2, 0.25) is 0 Å². The first-order valence-electron chi connectivity index (χ1n) is 5.97. The van der Waals surface area contributed by atoms with Crippen molar-refractivity contribution in [3.63, 3.8) is 0 Å². The van der Waals surface area contributed by atoms with Crippen LogP contribution in [0.4, 0.5) is 19.0 Å². The summed E-state index contributed by atoms with van der Waals surface area (Å²) >= 11 is 0. The molecular weight excluding hydrogens is 269 g/mol. The molecule has 0 amide bonds. The van der Waals surface area contributed by atoms with Crippen LogP contribution in [0.15, 0.2) is 48.7 Å². The molecule has 0 spiro atoms. The third-order valence-corrected chi connectivity index (χ3v) is 2.74. The van der Waals surface area contributed by atoms with Gasteiger partial charge >= 0.3 is 6.18 Å². The number of alkyl halides is 3. The van der Waals surface area contributed by atoms with Gasteiger partial charge in [-0.3, -0.25) is 0 Å². The van der Waals surface area contributed by atoms with E-state index in [0.717, 1.165) is 12.1 Å². The summed E-state index contributed by atoms with van der Waals surface area (Å²) in [4.78, 5) is 4.00. The maximum Gasteiger partial charge on any atom is 0.416 e. The lowest BCUT2D eigenvalue weighted by Gasteiger charge is -2.14. The van der Waals surface area contributed by atoms with E-state index in [1.165, 1.54) is 12.1 Å². The summed E-state index contributed by atoms with van der Waals surface area (Å²) in [5.41, 5.74) is -0.560. The highest BCUT2D eigenvalue weighted by atomic mass is 19.4. The molecule has 0 aliphatic rings. The molecule has 1 aromatic carbocycles. The van der Waals surface area contributed by atoms with E-state index in [0.29, 0.717) is 5.82 Å². The molecular formula is C14H13F3N2O. The lowest BCUT2D eigenvalue weighted by molar-refractivity contribution is -0.137. The number of halogens is 3. The molecule has 0 saturated heterocycles. The van der Waals surface area contributed by atoms with Crippen LogP contribution in [0.3, 0.4) is 0 Å². The molecule has 0 radical (unpaired) electrons. The number of rotatable bonds is 4. The van der Waals surface area contributed by atoms with E-state index < -0.39 is 17.8 Å². The van der Waals surface area contributed by atoms with Crippen LogP contribution in [0.1, 0.15) is 17.2 Å². The van der Waals surface area contributed by atoms with Gasteiger partial charge in [0.1, 0.15) is 5.82 Å². The van der Waals surface area contributed by atoms with Gasteiger partial charge in [-0.25, -0.2) is 4.98 Å². The van der Waals surface area contributed by atoms with Crippen LogP contribution in [0, 0.1) is 0 Å². The molecule has 1 heterocycles. The number of anilines is 1. The number of hydrogen-bond acceptors (Lipinski definition) is 3. The smallest absolute Gasteiger partial charge is 0.387 e. The first kappa shape index (κ1) is 14.3. The van der Waals surface area contributed by atoms with E-state index in [9.17, 15) is 18.3 Å². The number of aromatic nitrogens is 1. The maximum absolute atomic E-state index is 12.6. The highest BCUT2D eigenvalue weighted by Crippen LogP contribution is 2.30. The topological polar surface area (TPSA) is 45.1 Å². The van der Waals surface area contributed by atoms with E-state index in [4.69, 9.17) is 0 Å². The number of hydrogen-bond donors (Lipinski definition) is 2. The number of pyridine rings is 1. The SMILES string of the molecule is O[C@@H](CNc1ccccn1)c1cccc(C(F)(F)F)c1. The fourth-order valence-corrected chi connectivity index (χ4v) is 1.71. The van der Waals surface area contributed by atoms with Crippen molar-refractivity contribution in [2.45, 2.75) is 12.3 Å². The number of aliphatic hydroxyl groups is 1. The van der Waals surface area contributed by atoms with Gasteiger partial charge in [-0.1, -0.05) is 18.2 Å². The first-order chi connectivity index (χ1) is 9.47. The third kappa shape index (κ3) is 3.71. The van der Waals surface area contributed by atoms with Crippen LogP contribution in [0.5, 0.6) is 0 Å². The largest absolute Gasteiger partial charge is 0.416 e. The molecule has 0 aliphatic carbocycles. The summed E-state index contributed by atoms with van der Waals surface area (Å²) < 4.78 is 37.7. The molecule has 0 bridgehead atoms. The van der Waals surface area contributed by atoms with Gasteiger partial charge in [0.05, 0.1) is 11.7 Å². The second-order valence-corrected chi connectivity index (χ2v) is 4.23. The highest BCUT2D eigenvalue weighted by molar-refractivity contribution is 5.34. The van der Waals surface area contributed by atoms with Crippen molar-refractivity contribution in [3.05, 3.63) is 59.8 Å². The van der Waals surface area contributed by atoms with E-state index in [2.05, 4.69) is 10.3 Å². The van der Waals surface area contributed by atoms with Gasteiger partial charge in [0.25, 0.3) is 0 Å². The van der Waals surface area contributed by atoms with Crippen molar-refractivity contribution in [1.82, 2.24) is 4.98 Å². The number of aliphatic hydroxyl groups excluding tert-OH is 1. The molecule has 1 aromatic heterocycles. The van der Waals surface area contributed by atoms with E-state index in [-0.39, 0.29) is 12.1 Å². The standard InChI is InChI=1S/C14H13F3N2O/c15-14(16,17)11-5-3-4-10(8-11)12(20)9-19-13-6-1-2-7-18-13/h1-8,12,20H,9H2,(H,18,19)/t12-/m0/s1.